The van der Waals surface area contributed by atoms with E-state index in [1.807, 2.05) is 0 Å². The number of hydrogen-bond donors (Lipinski definition) is 4. The molecule has 0 spiro atoms. The average molecular weight is 271 g/mol. The summed E-state index contributed by atoms with van der Waals surface area (Å²) >= 11 is 0. The maximum atomic E-state index is 11.7. The van der Waals surface area contributed by atoms with Crippen LogP contribution in [0.15, 0.2) is 0 Å². The molecular weight excluding hydrogens is 250 g/mol. The molecule has 0 bridgehead atoms. The molecule has 1 unspecified atom stereocenters. The van der Waals surface area contributed by atoms with Gasteiger partial charge in [0.2, 0.25) is 11.8 Å². The van der Waals surface area contributed by atoms with Crippen molar-refractivity contribution in [3.05, 3.63) is 0 Å². The summed E-state index contributed by atoms with van der Waals surface area (Å²) in [6.45, 7) is 0. The van der Waals surface area contributed by atoms with E-state index in [0.717, 1.165) is 0 Å². The van der Waals surface area contributed by atoms with Crippen LogP contribution in [0.3, 0.4) is 0 Å². The van der Waals surface area contributed by atoms with Crippen LogP contribution in [-0.4, -0.2) is 35.0 Å². The molecule has 1 aliphatic carbocycles. The van der Waals surface area contributed by atoms with Gasteiger partial charge in [0.15, 0.2) is 0 Å². The van der Waals surface area contributed by atoms with Crippen molar-refractivity contribution in [3.8, 4) is 0 Å². The lowest BCUT2D eigenvalue weighted by Crippen LogP contribution is -2.47. The highest BCUT2D eigenvalue weighted by Crippen LogP contribution is 2.23. The highest BCUT2D eigenvalue weighted by atomic mass is 16.4. The molecule has 19 heavy (non-hydrogen) atoms. The van der Waals surface area contributed by atoms with Gasteiger partial charge in [-0.25, -0.2) is 0 Å². The molecule has 1 rings (SSSR count). The molecule has 0 heterocycles. The smallest absolute Gasteiger partial charge is 0.303 e. The number of carbonyl (C=O) groups excluding carboxylic acids is 2. The van der Waals surface area contributed by atoms with Crippen molar-refractivity contribution < 1.29 is 19.5 Å². The van der Waals surface area contributed by atoms with Gasteiger partial charge in [0.05, 0.1) is 6.04 Å². The zero-order valence-electron chi connectivity index (χ0n) is 10.8. The van der Waals surface area contributed by atoms with Gasteiger partial charge in [-0.3, -0.25) is 14.4 Å². The summed E-state index contributed by atoms with van der Waals surface area (Å²) in [5.41, 5.74) is 10.8. The van der Waals surface area contributed by atoms with Crippen LogP contribution in [0.5, 0.6) is 0 Å². The van der Waals surface area contributed by atoms with Crippen molar-refractivity contribution in [2.24, 2.45) is 17.4 Å². The summed E-state index contributed by atoms with van der Waals surface area (Å²) < 4.78 is 0. The molecule has 2 amide bonds. The molecule has 0 aromatic carbocycles. The van der Waals surface area contributed by atoms with E-state index < -0.39 is 12.0 Å². The van der Waals surface area contributed by atoms with E-state index >= 15 is 0 Å². The van der Waals surface area contributed by atoms with Gasteiger partial charge in [0, 0.05) is 18.4 Å². The van der Waals surface area contributed by atoms with Crippen molar-refractivity contribution in [2.75, 3.05) is 0 Å². The van der Waals surface area contributed by atoms with Gasteiger partial charge < -0.3 is 21.9 Å². The summed E-state index contributed by atoms with van der Waals surface area (Å²) in [5.74, 6) is -1.69. The third-order valence-corrected chi connectivity index (χ3v) is 3.48. The summed E-state index contributed by atoms with van der Waals surface area (Å²) in [5, 5.41) is 11.3. The minimum atomic E-state index is -0.967. The van der Waals surface area contributed by atoms with Gasteiger partial charge in [0.25, 0.3) is 0 Å². The Balaban J connectivity index is 2.30. The molecule has 7 nitrogen and oxygen atoms in total. The van der Waals surface area contributed by atoms with Crippen LogP contribution in [0.2, 0.25) is 0 Å². The fourth-order valence-electron chi connectivity index (χ4n) is 2.24. The van der Waals surface area contributed by atoms with Crippen molar-refractivity contribution in [1.29, 1.82) is 0 Å². The average Bonchev–Trinajstić information content (AvgIpc) is 2.36. The standard InChI is InChI=1S/C12H21N3O4/c13-9(5-6-10(16)17)12(19)15-8-3-1-7(2-4-8)11(14)18/h7-9H,1-6,13H2,(H2,14,18)(H,15,19)(H,16,17). The second-order valence-electron chi connectivity index (χ2n) is 5.00. The van der Waals surface area contributed by atoms with Gasteiger partial charge >= 0.3 is 5.97 Å². The topological polar surface area (TPSA) is 136 Å². The zero-order chi connectivity index (χ0) is 14.4. The Morgan fingerprint density at radius 2 is 1.79 bits per heavy atom. The number of nitrogens with two attached hydrogens (primary N) is 2. The Morgan fingerprint density at radius 3 is 2.26 bits per heavy atom. The van der Waals surface area contributed by atoms with Crippen LogP contribution in [0.1, 0.15) is 38.5 Å². The largest absolute Gasteiger partial charge is 0.481 e. The zero-order valence-corrected chi connectivity index (χ0v) is 10.8. The Bertz CT molecular complexity index is 351. The van der Waals surface area contributed by atoms with Crippen molar-refractivity contribution >= 4 is 17.8 Å². The van der Waals surface area contributed by atoms with Crippen LogP contribution in [0.4, 0.5) is 0 Å². The number of carboxylic acids is 1. The summed E-state index contributed by atoms with van der Waals surface area (Å²) in [4.78, 5) is 33.1. The molecule has 1 fully saturated rings. The first-order chi connectivity index (χ1) is 8.90. The number of amides is 2. The number of hydrogen-bond acceptors (Lipinski definition) is 4. The molecule has 0 aromatic heterocycles. The molecule has 108 valence electrons. The quantitative estimate of drug-likeness (QED) is 0.508. The van der Waals surface area contributed by atoms with Crippen molar-refractivity contribution in [1.82, 2.24) is 5.32 Å². The molecule has 1 atom stereocenters. The lowest BCUT2D eigenvalue weighted by molar-refractivity contribution is -0.137. The van der Waals surface area contributed by atoms with Crippen LogP contribution in [-0.2, 0) is 14.4 Å². The predicted molar refractivity (Wildman–Crippen MR) is 67.9 cm³/mol. The lowest BCUT2D eigenvalue weighted by atomic mass is 9.85. The van der Waals surface area contributed by atoms with Gasteiger partial charge in [-0.15, -0.1) is 0 Å². The van der Waals surface area contributed by atoms with Gasteiger partial charge in [-0.2, -0.15) is 0 Å². The Morgan fingerprint density at radius 1 is 1.21 bits per heavy atom. The van der Waals surface area contributed by atoms with E-state index in [9.17, 15) is 14.4 Å². The first kappa shape index (κ1) is 15.4. The van der Waals surface area contributed by atoms with Crippen LogP contribution >= 0.6 is 0 Å². The van der Waals surface area contributed by atoms with Crippen LogP contribution < -0.4 is 16.8 Å². The first-order valence-electron chi connectivity index (χ1n) is 6.47. The number of aliphatic carboxylic acids is 1. The van der Waals surface area contributed by atoms with Gasteiger partial charge in [-0.1, -0.05) is 0 Å². The molecule has 0 aromatic rings. The fraction of sp³-hybridized carbons (Fsp3) is 0.750. The molecule has 7 heteroatoms. The SMILES string of the molecule is NC(=O)C1CCC(NC(=O)C(N)CCC(=O)O)CC1. The highest BCUT2D eigenvalue weighted by Gasteiger charge is 2.26. The molecule has 0 aliphatic heterocycles. The number of nitrogens with one attached hydrogen (secondary N) is 1. The van der Waals surface area contributed by atoms with Gasteiger partial charge in [0.1, 0.15) is 0 Å². The second kappa shape index (κ2) is 7.08. The number of rotatable bonds is 6. The highest BCUT2D eigenvalue weighted by molar-refractivity contribution is 5.82. The molecule has 0 saturated heterocycles. The fourth-order valence-corrected chi connectivity index (χ4v) is 2.24. The normalized spacial score (nSPS) is 24.5. The summed E-state index contributed by atoms with van der Waals surface area (Å²) in [6, 6.07) is -0.802. The maximum Gasteiger partial charge on any atom is 0.303 e. The van der Waals surface area contributed by atoms with E-state index in [1.165, 1.54) is 0 Å². The minimum absolute atomic E-state index is 0.000946. The van der Waals surface area contributed by atoms with Crippen LogP contribution in [0.25, 0.3) is 0 Å². The molecule has 1 saturated carbocycles. The molecule has 1 aliphatic rings. The molecule has 6 N–H and O–H groups in total. The van der Waals surface area contributed by atoms with Crippen LogP contribution in [0, 0.1) is 5.92 Å². The third-order valence-electron chi connectivity index (χ3n) is 3.48. The predicted octanol–water partition coefficient (Wildman–Crippen LogP) is -0.661. The summed E-state index contributed by atoms with van der Waals surface area (Å²) in [7, 11) is 0. The third kappa shape index (κ3) is 5.25. The number of carboxylic acid groups (broad SMARTS) is 1. The summed E-state index contributed by atoms with van der Waals surface area (Å²) in [6.07, 6.45) is 2.74. The van der Waals surface area contributed by atoms with Crippen molar-refractivity contribution in [2.45, 2.75) is 50.6 Å². The number of primary amides is 1. The Kier molecular flexibility index (Phi) is 5.75. The Hall–Kier alpha value is -1.63. The monoisotopic (exact) mass is 271 g/mol. The Labute approximate surface area is 111 Å². The van der Waals surface area contributed by atoms with Gasteiger partial charge in [-0.05, 0) is 32.1 Å². The van der Waals surface area contributed by atoms with E-state index in [4.69, 9.17) is 16.6 Å². The molecule has 0 radical (unpaired) electrons. The van der Waals surface area contributed by atoms with E-state index in [2.05, 4.69) is 5.32 Å². The lowest BCUT2D eigenvalue weighted by Gasteiger charge is -2.28. The first-order valence-corrected chi connectivity index (χ1v) is 6.47. The van der Waals surface area contributed by atoms with E-state index in [-0.39, 0.29) is 36.6 Å². The van der Waals surface area contributed by atoms with E-state index in [1.54, 1.807) is 0 Å². The second-order valence-corrected chi connectivity index (χ2v) is 5.00. The minimum Gasteiger partial charge on any atom is -0.481 e. The maximum absolute atomic E-state index is 11.7. The van der Waals surface area contributed by atoms with Crippen molar-refractivity contribution in [3.63, 3.8) is 0 Å². The van der Waals surface area contributed by atoms with E-state index in [0.29, 0.717) is 25.7 Å². The molecular formula is C12H21N3O4. The number of carbonyl (C=O) groups is 3.